The topological polar surface area (TPSA) is 78.9 Å². The van der Waals surface area contributed by atoms with Crippen molar-refractivity contribution in [3.05, 3.63) is 60.8 Å². The number of ether oxygens (including phenoxy) is 3. The molecule has 0 fully saturated rings. The summed E-state index contributed by atoms with van der Waals surface area (Å²) in [5, 5.41) is 0. The number of esters is 3. The molecule has 0 spiro atoms. The molecule has 0 bridgehead atoms. The van der Waals surface area contributed by atoms with Crippen molar-refractivity contribution < 1.29 is 28.6 Å². The van der Waals surface area contributed by atoms with Gasteiger partial charge in [0.2, 0.25) is 0 Å². The summed E-state index contributed by atoms with van der Waals surface area (Å²) in [7, 11) is 0. The highest BCUT2D eigenvalue weighted by Gasteiger charge is 2.19. The standard InChI is InChI=1S/C69H124O6/c1-4-7-10-13-16-19-22-25-28-31-33-34-35-36-39-41-44-47-50-53-56-59-62-68(71)74-65-66(64-73-67(70)61-58-55-52-49-46-43-40-37-30-27-24-21-18-15-12-9-6-3)75-69(72)63-60-57-54-51-48-45-42-38-32-29-26-23-20-17-14-11-8-5-2/h9,12,18,21,27,29-30,32,40,43,66H,4-8,10-11,13-17,19-20,22-26,28,31,33-39,41-42,44-65H2,1-3H3/b12-9-,21-18-,30-27-,32-29-,43-40-. The highest BCUT2D eigenvalue weighted by Crippen LogP contribution is 2.17. The quantitative estimate of drug-likeness (QED) is 0.0261. The van der Waals surface area contributed by atoms with Gasteiger partial charge in [-0.1, -0.05) is 300 Å². The number of hydrogen-bond acceptors (Lipinski definition) is 6. The summed E-state index contributed by atoms with van der Waals surface area (Å²) in [6.45, 7) is 6.56. The second-order valence-corrected chi connectivity index (χ2v) is 22.0. The Hall–Kier alpha value is -2.89. The summed E-state index contributed by atoms with van der Waals surface area (Å²) in [6, 6.07) is 0. The van der Waals surface area contributed by atoms with E-state index in [1.165, 1.54) is 205 Å². The van der Waals surface area contributed by atoms with E-state index in [0.29, 0.717) is 19.3 Å². The van der Waals surface area contributed by atoms with Crippen LogP contribution in [0.1, 0.15) is 342 Å². The monoisotopic (exact) mass is 1050 g/mol. The highest BCUT2D eigenvalue weighted by molar-refractivity contribution is 5.71. The molecule has 0 aromatic rings. The lowest BCUT2D eigenvalue weighted by Crippen LogP contribution is -2.30. The first-order chi connectivity index (χ1) is 37.0. The zero-order valence-electron chi connectivity index (χ0n) is 50.1. The van der Waals surface area contributed by atoms with Gasteiger partial charge < -0.3 is 14.2 Å². The lowest BCUT2D eigenvalue weighted by atomic mass is 10.0. The van der Waals surface area contributed by atoms with Gasteiger partial charge >= 0.3 is 17.9 Å². The molecule has 1 unspecified atom stereocenters. The highest BCUT2D eigenvalue weighted by atomic mass is 16.6. The normalized spacial score (nSPS) is 12.4. The Kier molecular flexibility index (Phi) is 61.2. The fourth-order valence-corrected chi connectivity index (χ4v) is 9.61. The number of hydrogen-bond donors (Lipinski definition) is 0. The molecule has 0 aliphatic carbocycles. The Morgan fingerprint density at radius 1 is 0.280 bits per heavy atom. The summed E-state index contributed by atoms with van der Waals surface area (Å²) in [4.78, 5) is 38.4. The summed E-state index contributed by atoms with van der Waals surface area (Å²) in [6.07, 6.45) is 80.9. The van der Waals surface area contributed by atoms with Crippen LogP contribution in [0.2, 0.25) is 0 Å². The Morgan fingerprint density at radius 3 is 0.827 bits per heavy atom. The summed E-state index contributed by atoms with van der Waals surface area (Å²) in [5.74, 6) is -0.890. The van der Waals surface area contributed by atoms with Crippen molar-refractivity contribution in [2.45, 2.75) is 348 Å². The molecule has 0 aromatic heterocycles. The number of allylic oxidation sites excluding steroid dienone is 10. The van der Waals surface area contributed by atoms with E-state index in [0.717, 1.165) is 96.3 Å². The molecule has 0 aliphatic heterocycles. The van der Waals surface area contributed by atoms with E-state index in [1.54, 1.807) is 0 Å². The van der Waals surface area contributed by atoms with Crippen LogP contribution in [-0.2, 0) is 28.6 Å². The van der Waals surface area contributed by atoms with Gasteiger partial charge in [-0.25, -0.2) is 0 Å². The van der Waals surface area contributed by atoms with Crippen LogP contribution in [0.5, 0.6) is 0 Å². The second kappa shape index (κ2) is 63.6. The second-order valence-electron chi connectivity index (χ2n) is 22.0. The van der Waals surface area contributed by atoms with Crippen LogP contribution >= 0.6 is 0 Å². The van der Waals surface area contributed by atoms with Crippen LogP contribution < -0.4 is 0 Å². The lowest BCUT2D eigenvalue weighted by molar-refractivity contribution is -0.167. The van der Waals surface area contributed by atoms with E-state index >= 15 is 0 Å². The van der Waals surface area contributed by atoms with Crippen molar-refractivity contribution in [3.63, 3.8) is 0 Å². The number of carbonyl (C=O) groups excluding carboxylic acids is 3. The maximum Gasteiger partial charge on any atom is 0.306 e. The van der Waals surface area contributed by atoms with Gasteiger partial charge in [-0.3, -0.25) is 14.4 Å². The van der Waals surface area contributed by atoms with Crippen molar-refractivity contribution >= 4 is 17.9 Å². The Morgan fingerprint density at radius 2 is 0.520 bits per heavy atom. The number of rotatable bonds is 60. The van der Waals surface area contributed by atoms with Gasteiger partial charge in [0.15, 0.2) is 6.10 Å². The maximum absolute atomic E-state index is 12.9. The molecule has 0 heterocycles. The van der Waals surface area contributed by atoms with Crippen molar-refractivity contribution in [2.24, 2.45) is 0 Å². The number of carbonyl (C=O) groups is 3. The molecule has 0 rings (SSSR count). The Balaban J connectivity index is 4.35. The zero-order chi connectivity index (χ0) is 54.3. The van der Waals surface area contributed by atoms with Gasteiger partial charge in [-0.05, 0) is 83.5 Å². The van der Waals surface area contributed by atoms with Crippen molar-refractivity contribution in [3.8, 4) is 0 Å². The van der Waals surface area contributed by atoms with Crippen LogP contribution in [0.3, 0.4) is 0 Å². The van der Waals surface area contributed by atoms with Gasteiger partial charge in [0.05, 0.1) is 0 Å². The third kappa shape index (κ3) is 61.8. The van der Waals surface area contributed by atoms with Gasteiger partial charge in [0.25, 0.3) is 0 Å². The van der Waals surface area contributed by atoms with Crippen LogP contribution in [-0.4, -0.2) is 37.2 Å². The van der Waals surface area contributed by atoms with E-state index in [-0.39, 0.29) is 31.1 Å². The van der Waals surface area contributed by atoms with Crippen molar-refractivity contribution in [1.82, 2.24) is 0 Å². The van der Waals surface area contributed by atoms with E-state index < -0.39 is 6.10 Å². The van der Waals surface area contributed by atoms with Gasteiger partial charge in [0.1, 0.15) is 13.2 Å². The summed E-state index contributed by atoms with van der Waals surface area (Å²) < 4.78 is 16.9. The number of unbranched alkanes of at least 4 members (excludes halogenated alkanes) is 39. The van der Waals surface area contributed by atoms with Gasteiger partial charge in [0, 0.05) is 19.3 Å². The molecule has 6 nitrogen and oxygen atoms in total. The van der Waals surface area contributed by atoms with Gasteiger partial charge in [-0.15, -0.1) is 0 Å². The summed E-state index contributed by atoms with van der Waals surface area (Å²) >= 11 is 0. The maximum atomic E-state index is 12.9. The van der Waals surface area contributed by atoms with Crippen LogP contribution in [0, 0.1) is 0 Å². The summed E-state index contributed by atoms with van der Waals surface area (Å²) in [5.41, 5.74) is 0. The minimum Gasteiger partial charge on any atom is -0.462 e. The molecule has 1 atom stereocenters. The zero-order valence-corrected chi connectivity index (χ0v) is 50.1. The minimum absolute atomic E-state index is 0.0806. The molecule has 0 amide bonds. The van der Waals surface area contributed by atoms with Crippen LogP contribution in [0.25, 0.3) is 0 Å². The smallest absolute Gasteiger partial charge is 0.306 e. The molecular formula is C69H124O6. The predicted octanol–water partition coefficient (Wildman–Crippen LogP) is 22.3. The predicted molar refractivity (Wildman–Crippen MR) is 325 cm³/mol. The Bertz CT molecular complexity index is 1340. The van der Waals surface area contributed by atoms with E-state index in [4.69, 9.17) is 14.2 Å². The van der Waals surface area contributed by atoms with Crippen molar-refractivity contribution in [1.29, 1.82) is 0 Å². The molecule has 0 saturated carbocycles. The fraction of sp³-hybridized carbons (Fsp3) is 0.812. The SMILES string of the molecule is CC/C=C\C/C=C\C/C=C\C/C=C\CCCCCCC(=O)OCC(COC(=O)CCCCCCCCCCCCCCCCCCCCCCCC)OC(=O)CCCCCCCCC/C=C\CCCCCCCCC. The molecule has 436 valence electrons. The minimum atomic E-state index is -0.786. The molecule has 6 heteroatoms. The molecule has 0 aliphatic rings. The molecule has 75 heavy (non-hydrogen) atoms. The van der Waals surface area contributed by atoms with Gasteiger partial charge in [-0.2, -0.15) is 0 Å². The van der Waals surface area contributed by atoms with Crippen LogP contribution in [0.15, 0.2) is 60.8 Å². The average molecular weight is 1050 g/mol. The average Bonchev–Trinajstić information content (AvgIpc) is 3.41. The first kappa shape index (κ1) is 72.1. The fourth-order valence-electron chi connectivity index (χ4n) is 9.61. The van der Waals surface area contributed by atoms with E-state index in [1.807, 2.05) is 0 Å². The van der Waals surface area contributed by atoms with E-state index in [2.05, 4.69) is 81.5 Å². The molecule has 0 N–H and O–H groups in total. The first-order valence-corrected chi connectivity index (χ1v) is 32.8. The van der Waals surface area contributed by atoms with E-state index in [9.17, 15) is 14.4 Å². The third-order valence-corrected chi connectivity index (χ3v) is 14.5. The molecule has 0 aromatic carbocycles. The first-order valence-electron chi connectivity index (χ1n) is 32.8. The largest absolute Gasteiger partial charge is 0.462 e. The van der Waals surface area contributed by atoms with Crippen molar-refractivity contribution in [2.75, 3.05) is 13.2 Å². The third-order valence-electron chi connectivity index (χ3n) is 14.5. The Labute approximate surface area is 466 Å². The molecule has 0 saturated heterocycles. The van der Waals surface area contributed by atoms with Crippen LogP contribution in [0.4, 0.5) is 0 Å². The lowest BCUT2D eigenvalue weighted by Gasteiger charge is -2.18. The molecule has 0 radical (unpaired) electrons. The molecular weight excluding hydrogens is 925 g/mol.